The van der Waals surface area contributed by atoms with Gasteiger partial charge in [0.25, 0.3) is 0 Å². The van der Waals surface area contributed by atoms with Gasteiger partial charge in [-0.05, 0) is 12.1 Å². The molecule has 0 aliphatic carbocycles. The van der Waals surface area contributed by atoms with E-state index < -0.39 is 28.1 Å². The molecular weight excluding hydrogens is 204 g/mol. The van der Waals surface area contributed by atoms with Crippen molar-refractivity contribution in [3.63, 3.8) is 0 Å². The third-order valence-electron chi connectivity index (χ3n) is 1.41. The van der Waals surface area contributed by atoms with Crippen LogP contribution in [0.1, 0.15) is 5.56 Å². The number of nitro groups is 1. The monoisotopic (exact) mass is 207 g/mol. The maximum atomic E-state index is 12.9. The van der Waals surface area contributed by atoms with Gasteiger partial charge in [0.1, 0.15) is 10.8 Å². The maximum absolute atomic E-state index is 12.9. The summed E-state index contributed by atoms with van der Waals surface area (Å²) in [5.74, 6) is -2.00. The summed E-state index contributed by atoms with van der Waals surface area (Å²) in [5, 5.41) is 9.31. The Morgan fingerprint density at radius 1 is 1.46 bits per heavy atom. The van der Waals surface area contributed by atoms with Gasteiger partial charge in [-0.25, -0.2) is 8.78 Å². The summed E-state index contributed by atoms with van der Waals surface area (Å²) in [6, 6.07) is 1.89. The molecule has 0 spiro atoms. The topological polar surface area (TPSA) is 43.1 Å². The van der Waals surface area contributed by atoms with Gasteiger partial charge in [-0.3, -0.25) is 10.1 Å². The van der Waals surface area contributed by atoms with Crippen molar-refractivity contribution in [2.45, 2.75) is 6.54 Å². The molecule has 0 bridgehead atoms. The molecule has 0 N–H and O–H groups in total. The van der Waals surface area contributed by atoms with Gasteiger partial charge < -0.3 is 0 Å². The molecule has 0 saturated carbocycles. The highest BCUT2D eigenvalue weighted by Gasteiger charge is 2.14. The molecule has 13 heavy (non-hydrogen) atoms. The summed E-state index contributed by atoms with van der Waals surface area (Å²) in [6.07, 6.45) is 0. The van der Waals surface area contributed by atoms with Crippen LogP contribution in [0.5, 0.6) is 0 Å². The summed E-state index contributed by atoms with van der Waals surface area (Å²) in [6.45, 7) is -0.703. The molecule has 0 radical (unpaired) electrons. The summed E-state index contributed by atoms with van der Waals surface area (Å²) in [7, 11) is 0. The van der Waals surface area contributed by atoms with Gasteiger partial charge in [-0.15, -0.1) is 0 Å². The molecule has 1 aromatic carbocycles. The Hall–Kier alpha value is -1.23. The van der Waals surface area contributed by atoms with Crippen molar-refractivity contribution in [3.8, 4) is 0 Å². The third-order valence-corrected chi connectivity index (χ3v) is 1.76. The van der Waals surface area contributed by atoms with Crippen LogP contribution in [-0.2, 0) is 6.54 Å². The van der Waals surface area contributed by atoms with Crippen molar-refractivity contribution in [3.05, 3.63) is 44.5 Å². The number of halogens is 3. The molecular formula is C7H4ClF2NO2. The first-order valence-corrected chi connectivity index (χ1v) is 3.64. The van der Waals surface area contributed by atoms with Gasteiger partial charge in [0, 0.05) is 4.92 Å². The summed E-state index contributed by atoms with van der Waals surface area (Å²) in [5.41, 5.74) is -0.226. The van der Waals surface area contributed by atoms with Gasteiger partial charge in [0.05, 0.1) is 5.56 Å². The molecule has 1 aromatic rings. The first kappa shape index (κ1) is 9.85. The van der Waals surface area contributed by atoms with Crippen LogP contribution in [-0.4, -0.2) is 4.92 Å². The average molecular weight is 208 g/mol. The highest BCUT2D eigenvalue weighted by atomic mass is 35.5. The van der Waals surface area contributed by atoms with Crippen molar-refractivity contribution in [1.82, 2.24) is 0 Å². The van der Waals surface area contributed by atoms with E-state index in [9.17, 15) is 18.9 Å². The first-order valence-electron chi connectivity index (χ1n) is 3.26. The standard InChI is InChI=1S/C7H4ClF2NO2/c8-6-5(9)2-1-4(7(6)10)3-11(12)13/h1-2H,3H2. The largest absolute Gasteiger partial charge is 0.264 e. The maximum Gasteiger partial charge on any atom is 0.231 e. The Kier molecular flexibility index (Phi) is 2.77. The van der Waals surface area contributed by atoms with Crippen LogP contribution >= 0.6 is 11.6 Å². The lowest BCUT2D eigenvalue weighted by Crippen LogP contribution is -2.02. The molecule has 0 atom stereocenters. The van der Waals surface area contributed by atoms with E-state index in [4.69, 9.17) is 11.6 Å². The van der Waals surface area contributed by atoms with E-state index in [1.54, 1.807) is 0 Å². The lowest BCUT2D eigenvalue weighted by molar-refractivity contribution is -0.497. The predicted octanol–water partition coefficient (Wildman–Crippen LogP) is 2.39. The van der Waals surface area contributed by atoms with E-state index in [1.165, 1.54) is 0 Å². The molecule has 0 aliphatic rings. The second-order valence-corrected chi connectivity index (χ2v) is 2.70. The molecule has 0 saturated heterocycles. The highest BCUT2D eigenvalue weighted by Crippen LogP contribution is 2.22. The van der Waals surface area contributed by atoms with Crippen LogP contribution in [0.25, 0.3) is 0 Å². The van der Waals surface area contributed by atoms with Crippen molar-refractivity contribution in [1.29, 1.82) is 0 Å². The molecule has 0 heterocycles. The number of rotatable bonds is 2. The SMILES string of the molecule is O=[N+]([O-])Cc1ccc(F)c(Cl)c1F. The second-order valence-electron chi connectivity index (χ2n) is 2.33. The third kappa shape index (κ3) is 2.12. The lowest BCUT2D eigenvalue weighted by atomic mass is 10.2. The summed E-state index contributed by atoms with van der Waals surface area (Å²) >= 11 is 5.19. The van der Waals surface area contributed by atoms with Gasteiger partial charge in [-0.2, -0.15) is 0 Å². The minimum Gasteiger partial charge on any atom is -0.264 e. The highest BCUT2D eigenvalue weighted by molar-refractivity contribution is 6.30. The van der Waals surface area contributed by atoms with Crippen LogP contribution in [0.4, 0.5) is 8.78 Å². The van der Waals surface area contributed by atoms with Crippen LogP contribution in [0, 0.1) is 21.7 Å². The van der Waals surface area contributed by atoms with Gasteiger partial charge >= 0.3 is 0 Å². The zero-order chi connectivity index (χ0) is 10.0. The number of nitrogens with zero attached hydrogens (tertiary/aromatic N) is 1. The number of hydrogen-bond donors (Lipinski definition) is 0. The summed E-state index contributed by atoms with van der Waals surface area (Å²) < 4.78 is 25.5. The Bertz CT molecular complexity index is 357. The quantitative estimate of drug-likeness (QED) is 0.425. The van der Waals surface area contributed by atoms with E-state index in [-0.39, 0.29) is 5.56 Å². The van der Waals surface area contributed by atoms with Gasteiger partial charge in [0.15, 0.2) is 5.82 Å². The van der Waals surface area contributed by atoms with E-state index >= 15 is 0 Å². The zero-order valence-electron chi connectivity index (χ0n) is 6.26. The Morgan fingerprint density at radius 2 is 2.08 bits per heavy atom. The molecule has 3 nitrogen and oxygen atoms in total. The lowest BCUT2D eigenvalue weighted by Gasteiger charge is -2.00. The fraction of sp³-hybridized carbons (Fsp3) is 0.143. The smallest absolute Gasteiger partial charge is 0.231 e. The minimum atomic E-state index is -1.07. The van der Waals surface area contributed by atoms with Gasteiger partial charge in [-0.1, -0.05) is 11.6 Å². The van der Waals surface area contributed by atoms with E-state index in [2.05, 4.69) is 0 Å². The molecule has 0 aromatic heterocycles. The molecule has 6 heteroatoms. The fourth-order valence-corrected chi connectivity index (χ4v) is 1.01. The van der Waals surface area contributed by atoms with E-state index in [0.717, 1.165) is 12.1 Å². The molecule has 0 amide bonds. The predicted molar refractivity (Wildman–Crippen MR) is 42.1 cm³/mol. The minimum absolute atomic E-state index is 0.226. The van der Waals surface area contributed by atoms with Crippen LogP contribution in [0.2, 0.25) is 5.02 Å². The molecule has 70 valence electrons. The Morgan fingerprint density at radius 3 is 2.62 bits per heavy atom. The first-order chi connectivity index (χ1) is 6.02. The van der Waals surface area contributed by atoms with Crippen LogP contribution < -0.4 is 0 Å². The van der Waals surface area contributed by atoms with Crippen molar-refractivity contribution < 1.29 is 13.7 Å². The van der Waals surface area contributed by atoms with Crippen molar-refractivity contribution in [2.75, 3.05) is 0 Å². The zero-order valence-corrected chi connectivity index (χ0v) is 7.02. The average Bonchev–Trinajstić information content (AvgIpc) is 2.06. The Balaban J connectivity index is 3.10. The van der Waals surface area contributed by atoms with E-state index in [1.807, 2.05) is 0 Å². The number of hydrogen-bond acceptors (Lipinski definition) is 2. The normalized spacial score (nSPS) is 10.1. The van der Waals surface area contributed by atoms with Crippen molar-refractivity contribution >= 4 is 11.6 Å². The van der Waals surface area contributed by atoms with Crippen LogP contribution in [0.15, 0.2) is 12.1 Å². The van der Waals surface area contributed by atoms with E-state index in [0.29, 0.717) is 0 Å². The number of benzene rings is 1. The van der Waals surface area contributed by atoms with Crippen LogP contribution in [0.3, 0.4) is 0 Å². The van der Waals surface area contributed by atoms with Gasteiger partial charge in [0.2, 0.25) is 6.54 Å². The fourth-order valence-electron chi connectivity index (χ4n) is 0.827. The molecule has 0 aliphatic heterocycles. The van der Waals surface area contributed by atoms with Crippen molar-refractivity contribution in [2.24, 2.45) is 0 Å². The Labute approximate surface area is 77.1 Å². The molecule has 1 rings (SSSR count). The molecule has 0 fully saturated rings. The summed E-state index contributed by atoms with van der Waals surface area (Å²) in [4.78, 5) is 9.30. The second kappa shape index (κ2) is 3.66. The molecule has 0 unspecified atom stereocenters.